The maximum absolute atomic E-state index is 12.6. The van der Waals surface area contributed by atoms with Crippen molar-refractivity contribution in [2.75, 3.05) is 23.4 Å². The Kier molecular flexibility index (Phi) is 6.57. The topological polar surface area (TPSA) is 134 Å². The lowest BCUT2D eigenvalue weighted by Gasteiger charge is -2.10. The van der Waals surface area contributed by atoms with Crippen molar-refractivity contribution >= 4 is 45.5 Å². The molecule has 0 amide bonds. The van der Waals surface area contributed by atoms with Gasteiger partial charge in [0.25, 0.3) is 5.56 Å². The summed E-state index contributed by atoms with van der Waals surface area (Å²) in [4.78, 5) is 36.8. The molecule has 0 bridgehead atoms. The summed E-state index contributed by atoms with van der Waals surface area (Å²) in [5.41, 5.74) is 5.07. The first-order valence-electron chi connectivity index (χ1n) is 8.87. The van der Waals surface area contributed by atoms with Crippen LogP contribution in [0.5, 0.6) is 5.75 Å². The predicted molar refractivity (Wildman–Crippen MR) is 117 cm³/mol. The molecular formula is C18H20N6O4S2. The van der Waals surface area contributed by atoms with E-state index in [2.05, 4.69) is 15.5 Å². The van der Waals surface area contributed by atoms with Crippen molar-refractivity contribution in [3.8, 4) is 5.75 Å². The molecule has 0 saturated carbocycles. The first-order chi connectivity index (χ1) is 14.3. The predicted octanol–water partition coefficient (Wildman–Crippen LogP) is 1.63. The summed E-state index contributed by atoms with van der Waals surface area (Å²) in [5.74, 6) is -0.0107. The Morgan fingerprint density at radius 3 is 2.70 bits per heavy atom. The summed E-state index contributed by atoms with van der Waals surface area (Å²) < 4.78 is 8.04. The second-order valence-corrected chi connectivity index (χ2v) is 8.31. The number of thioether (sulfide) groups is 1. The number of hydrogen-bond acceptors (Lipinski definition) is 10. The second kappa shape index (κ2) is 9.13. The number of para-hydroxylation sites is 2. The number of aromatic nitrogens is 4. The summed E-state index contributed by atoms with van der Waals surface area (Å²) in [6.45, 7) is 2.43. The van der Waals surface area contributed by atoms with E-state index < -0.39 is 17.0 Å². The van der Waals surface area contributed by atoms with Gasteiger partial charge in [0.15, 0.2) is 10.1 Å². The molecule has 3 rings (SSSR count). The molecule has 0 saturated heterocycles. The number of anilines is 3. The van der Waals surface area contributed by atoms with E-state index in [0.717, 1.165) is 26.6 Å². The number of carbonyl (C=O) groups is 1. The van der Waals surface area contributed by atoms with E-state index in [1.165, 1.54) is 25.4 Å². The summed E-state index contributed by atoms with van der Waals surface area (Å²) in [6, 6.07) is 7.46. The number of hydrogen-bond donors (Lipinski definition) is 2. The van der Waals surface area contributed by atoms with Crippen molar-refractivity contribution in [3.05, 3.63) is 50.7 Å². The van der Waals surface area contributed by atoms with Gasteiger partial charge in [0.1, 0.15) is 17.1 Å². The minimum atomic E-state index is -0.714. The van der Waals surface area contributed by atoms with Crippen molar-refractivity contribution in [3.63, 3.8) is 0 Å². The highest BCUT2D eigenvalue weighted by Crippen LogP contribution is 2.31. The first kappa shape index (κ1) is 21.6. The van der Waals surface area contributed by atoms with E-state index >= 15 is 0 Å². The average Bonchev–Trinajstić information content (AvgIpc) is 3.18. The van der Waals surface area contributed by atoms with Crippen molar-refractivity contribution in [2.24, 2.45) is 14.1 Å². The van der Waals surface area contributed by atoms with Crippen molar-refractivity contribution in [1.29, 1.82) is 0 Å². The molecule has 0 aliphatic rings. The molecule has 0 atom stereocenters. The Morgan fingerprint density at radius 2 is 1.97 bits per heavy atom. The number of ether oxygens (including phenoxy) is 1. The lowest BCUT2D eigenvalue weighted by atomic mass is 10.2. The molecular weight excluding hydrogens is 428 g/mol. The lowest BCUT2D eigenvalue weighted by molar-refractivity contribution is 0.102. The smallest absolute Gasteiger partial charge is 0.332 e. The van der Waals surface area contributed by atoms with Gasteiger partial charge in [0.2, 0.25) is 5.13 Å². The summed E-state index contributed by atoms with van der Waals surface area (Å²) >= 11 is 2.40. The van der Waals surface area contributed by atoms with Crippen LogP contribution in [0.1, 0.15) is 17.3 Å². The SMILES string of the molecule is CCOc1ccccc1Nc1nnc(SCC(=O)c2c(N)n(C)c(=O)n(C)c2=O)s1. The molecule has 0 aliphatic heterocycles. The highest BCUT2D eigenvalue weighted by Gasteiger charge is 2.21. The Labute approximate surface area is 179 Å². The molecule has 0 radical (unpaired) electrons. The van der Waals surface area contributed by atoms with Crippen LogP contribution in [0.15, 0.2) is 38.2 Å². The molecule has 12 heteroatoms. The normalized spacial score (nSPS) is 10.8. The highest BCUT2D eigenvalue weighted by molar-refractivity contribution is 8.01. The molecule has 3 aromatic rings. The molecule has 3 N–H and O–H groups in total. The average molecular weight is 449 g/mol. The molecule has 2 heterocycles. The first-order valence-corrected chi connectivity index (χ1v) is 10.7. The molecule has 1 aromatic carbocycles. The number of nitrogens with one attached hydrogen (secondary N) is 1. The maximum atomic E-state index is 12.6. The molecule has 30 heavy (non-hydrogen) atoms. The van der Waals surface area contributed by atoms with Crippen LogP contribution in [0.3, 0.4) is 0 Å². The van der Waals surface area contributed by atoms with Crippen LogP contribution in [0.2, 0.25) is 0 Å². The van der Waals surface area contributed by atoms with E-state index in [1.807, 2.05) is 31.2 Å². The Hall–Kier alpha value is -3.12. The number of Topliss-reactive ketones (excluding diaryl/α,β-unsaturated/α-hetero) is 1. The van der Waals surface area contributed by atoms with E-state index in [1.54, 1.807) is 0 Å². The molecule has 2 aromatic heterocycles. The number of rotatable bonds is 8. The molecule has 0 aliphatic carbocycles. The van der Waals surface area contributed by atoms with E-state index in [4.69, 9.17) is 10.5 Å². The van der Waals surface area contributed by atoms with Gasteiger partial charge in [0.05, 0.1) is 18.0 Å². The van der Waals surface area contributed by atoms with Crippen LogP contribution >= 0.6 is 23.1 Å². The Bertz CT molecular complexity index is 1200. The minimum Gasteiger partial charge on any atom is -0.492 e. The fourth-order valence-corrected chi connectivity index (χ4v) is 4.24. The minimum absolute atomic E-state index is 0.0676. The van der Waals surface area contributed by atoms with Gasteiger partial charge in [-0.05, 0) is 19.1 Å². The zero-order chi connectivity index (χ0) is 21.8. The zero-order valence-electron chi connectivity index (χ0n) is 16.5. The van der Waals surface area contributed by atoms with Crippen LogP contribution in [-0.4, -0.2) is 37.5 Å². The maximum Gasteiger partial charge on any atom is 0.332 e. The van der Waals surface area contributed by atoms with Gasteiger partial charge in [-0.2, -0.15) is 0 Å². The lowest BCUT2D eigenvalue weighted by Crippen LogP contribution is -2.41. The van der Waals surface area contributed by atoms with Crippen LogP contribution < -0.4 is 27.0 Å². The Morgan fingerprint density at radius 1 is 1.23 bits per heavy atom. The van der Waals surface area contributed by atoms with Gasteiger partial charge in [-0.1, -0.05) is 35.2 Å². The second-order valence-electron chi connectivity index (χ2n) is 6.11. The largest absolute Gasteiger partial charge is 0.492 e. The van der Waals surface area contributed by atoms with Crippen LogP contribution in [-0.2, 0) is 14.1 Å². The number of carbonyl (C=O) groups excluding carboxylic acids is 1. The third-order valence-corrected chi connectivity index (χ3v) is 6.12. The monoisotopic (exact) mass is 448 g/mol. The zero-order valence-corrected chi connectivity index (χ0v) is 18.2. The number of benzene rings is 1. The van der Waals surface area contributed by atoms with E-state index in [-0.39, 0.29) is 17.1 Å². The number of nitrogen functional groups attached to an aromatic ring is 1. The third-order valence-electron chi connectivity index (χ3n) is 4.15. The standard InChI is InChI=1S/C18H20N6O4S2/c1-4-28-12-8-6-5-7-10(12)20-16-21-22-17(30-16)29-9-11(25)13-14(19)23(2)18(27)24(3)15(13)26/h5-8H,4,9,19H2,1-3H3,(H,20,21). The van der Waals surface area contributed by atoms with E-state index in [0.29, 0.717) is 21.8 Å². The van der Waals surface area contributed by atoms with E-state index in [9.17, 15) is 14.4 Å². The van der Waals surface area contributed by atoms with Gasteiger partial charge < -0.3 is 15.8 Å². The third kappa shape index (κ3) is 4.39. The summed E-state index contributed by atoms with van der Waals surface area (Å²) in [6.07, 6.45) is 0. The van der Waals surface area contributed by atoms with Crippen molar-refractivity contribution < 1.29 is 9.53 Å². The molecule has 10 nitrogen and oxygen atoms in total. The number of nitrogens with two attached hydrogens (primary N) is 1. The van der Waals surface area contributed by atoms with Gasteiger partial charge >= 0.3 is 5.69 Å². The van der Waals surface area contributed by atoms with Crippen LogP contribution in [0.4, 0.5) is 16.6 Å². The quantitative estimate of drug-likeness (QED) is 0.389. The fraction of sp³-hybridized carbons (Fsp3) is 0.278. The number of ketones is 1. The van der Waals surface area contributed by atoms with Crippen molar-refractivity contribution in [1.82, 2.24) is 19.3 Å². The van der Waals surface area contributed by atoms with Crippen molar-refractivity contribution in [2.45, 2.75) is 11.3 Å². The van der Waals surface area contributed by atoms with Gasteiger partial charge in [-0.3, -0.25) is 18.7 Å². The van der Waals surface area contributed by atoms with Crippen LogP contribution in [0.25, 0.3) is 0 Å². The number of nitrogens with zero attached hydrogens (tertiary/aromatic N) is 4. The molecule has 0 spiro atoms. The Balaban J connectivity index is 1.72. The van der Waals surface area contributed by atoms with Crippen LogP contribution in [0, 0.1) is 0 Å². The molecule has 158 valence electrons. The van der Waals surface area contributed by atoms with Gasteiger partial charge in [-0.25, -0.2) is 4.79 Å². The van der Waals surface area contributed by atoms with Gasteiger partial charge in [0, 0.05) is 14.1 Å². The molecule has 0 fully saturated rings. The summed E-state index contributed by atoms with van der Waals surface area (Å²) in [7, 11) is 2.71. The molecule has 0 unspecified atom stereocenters. The highest BCUT2D eigenvalue weighted by atomic mass is 32.2. The summed E-state index contributed by atoms with van der Waals surface area (Å²) in [5, 5.41) is 11.8. The fourth-order valence-electron chi connectivity index (χ4n) is 2.61. The van der Waals surface area contributed by atoms with Gasteiger partial charge in [-0.15, -0.1) is 10.2 Å².